The summed E-state index contributed by atoms with van der Waals surface area (Å²) in [5.74, 6) is 2.51. The molecule has 0 bridgehead atoms. The van der Waals surface area contributed by atoms with Crippen molar-refractivity contribution in [3.63, 3.8) is 0 Å². The molecule has 2 heterocycles. The van der Waals surface area contributed by atoms with E-state index in [-0.39, 0.29) is 12.4 Å². The normalized spacial score (nSPS) is 29.5. The summed E-state index contributed by atoms with van der Waals surface area (Å²) in [6.07, 6.45) is 3.18. The summed E-state index contributed by atoms with van der Waals surface area (Å²) in [5.41, 5.74) is 0. The fourth-order valence-corrected chi connectivity index (χ4v) is 2.91. The molecule has 15 heavy (non-hydrogen) atoms. The lowest BCUT2D eigenvalue weighted by Gasteiger charge is -2.34. The standard InChI is InChI=1S/C10H18N2OS.ClH/c1-14-7-10(13)12-3-2-8-4-11-5-9(8)6-12;/h8-9,11H,2-7H2,1H3;1H. The SMILES string of the molecule is CSCC(=O)N1CCC2CNCC2C1.Cl. The highest BCUT2D eigenvalue weighted by molar-refractivity contribution is 7.99. The van der Waals surface area contributed by atoms with Crippen LogP contribution in [-0.4, -0.2) is 49.0 Å². The molecule has 3 nitrogen and oxygen atoms in total. The van der Waals surface area contributed by atoms with E-state index in [1.165, 1.54) is 6.42 Å². The van der Waals surface area contributed by atoms with Gasteiger partial charge in [0.1, 0.15) is 0 Å². The van der Waals surface area contributed by atoms with Crippen LogP contribution in [0.3, 0.4) is 0 Å². The molecule has 0 spiro atoms. The molecule has 2 atom stereocenters. The predicted octanol–water partition coefficient (Wildman–Crippen LogP) is 0.839. The number of carbonyl (C=O) groups is 1. The number of thioether (sulfide) groups is 1. The second-order valence-electron chi connectivity index (χ2n) is 4.24. The first-order valence-corrected chi connectivity index (χ1v) is 6.68. The molecule has 2 fully saturated rings. The Bertz CT molecular complexity index is 227. The molecule has 2 aliphatic heterocycles. The first kappa shape index (κ1) is 13.1. The Morgan fingerprint density at radius 1 is 1.47 bits per heavy atom. The maximum atomic E-state index is 11.7. The Morgan fingerprint density at radius 3 is 2.93 bits per heavy atom. The predicted molar refractivity (Wildman–Crippen MR) is 66.7 cm³/mol. The van der Waals surface area contributed by atoms with E-state index < -0.39 is 0 Å². The van der Waals surface area contributed by atoms with Crippen molar-refractivity contribution in [2.24, 2.45) is 11.8 Å². The number of rotatable bonds is 2. The van der Waals surface area contributed by atoms with E-state index in [2.05, 4.69) is 5.32 Å². The van der Waals surface area contributed by atoms with Crippen LogP contribution < -0.4 is 5.32 Å². The number of likely N-dealkylation sites (tertiary alicyclic amines) is 1. The number of nitrogens with zero attached hydrogens (tertiary/aromatic N) is 1. The van der Waals surface area contributed by atoms with Gasteiger partial charge in [0.2, 0.25) is 5.91 Å². The molecule has 0 aromatic rings. The highest BCUT2D eigenvalue weighted by Crippen LogP contribution is 2.26. The lowest BCUT2D eigenvalue weighted by Crippen LogP contribution is -2.44. The van der Waals surface area contributed by atoms with Gasteiger partial charge in [0.15, 0.2) is 0 Å². The molecular formula is C10H19ClN2OS. The first-order valence-electron chi connectivity index (χ1n) is 5.28. The van der Waals surface area contributed by atoms with Crippen LogP contribution in [0, 0.1) is 11.8 Å². The van der Waals surface area contributed by atoms with Gasteiger partial charge in [-0.3, -0.25) is 4.79 Å². The number of halogens is 1. The molecular weight excluding hydrogens is 232 g/mol. The first-order chi connectivity index (χ1) is 6.81. The van der Waals surface area contributed by atoms with Crippen LogP contribution >= 0.6 is 24.2 Å². The third-order valence-corrected chi connectivity index (χ3v) is 3.86. The fourth-order valence-electron chi connectivity index (χ4n) is 2.48. The van der Waals surface area contributed by atoms with Crippen molar-refractivity contribution >= 4 is 30.1 Å². The highest BCUT2D eigenvalue weighted by Gasteiger charge is 2.33. The molecule has 0 aromatic heterocycles. The van der Waals surface area contributed by atoms with Crippen molar-refractivity contribution in [2.45, 2.75) is 6.42 Å². The topological polar surface area (TPSA) is 32.3 Å². The van der Waals surface area contributed by atoms with Crippen LogP contribution in [0.2, 0.25) is 0 Å². The summed E-state index contributed by atoms with van der Waals surface area (Å²) in [5, 5.41) is 3.41. The average Bonchev–Trinajstić information content (AvgIpc) is 2.64. The van der Waals surface area contributed by atoms with Crippen molar-refractivity contribution in [3.05, 3.63) is 0 Å². The van der Waals surface area contributed by atoms with E-state index in [9.17, 15) is 4.79 Å². The molecule has 1 N–H and O–H groups in total. The van der Waals surface area contributed by atoms with E-state index in [0.29, 0.717) is 11.7 Å². The van der Waals surface area contributed by atoms with E-state index in [1.54, 1.807) is 11.8 Å². The Labute approximate surface area is 102 Å². The van der Waals surface area contributed by atoms with Crippen LogP contribution in [0.15, 0.2) is 0 Å². The minimum atomic E-state index is 0. The molecule has 2 aliphatic rings. The number of nitrogens with one attached hydrogen (secondary N) is 1. The fraction of sp³-hybridized carbons (Fsp3) is 0.900. The maximum absolute atomic E-state index is 11.7. The van der Waals surface area contributed by atoms with Crippen LogP contribution in [-0.2, 0) is 4.79 Å². The average molecular weight is 251 g/mol. The largest absolute Gasteiger partial charge is 0.342 e. The van der Waals surface area contributed by atoms with Crippen LogP contribution in [0.25, 0.3) is 0 Å². The summed E-state index contributed by atoms with van der Waals surface area (Å²) in [4.78, 5) is 13.7. The van der Waals surface area contributed by atoms with Gasteiger partial charge < -0.3 is 10.2 Å². The number of fused-ring (bicyclic) bond motifs is 1. The zero-order valence-corrected chi connectivity index (χ0v) is 10.7. The molecule has 2 saturated heterocycles. The van der Waals surface area contributed by atoms with Crippen LogP contribution in [0.4, 0.5) is 0 Å². The molecule has 2 rings (SSSR count). The van der Waals surface area contributed by atoms with Gasteiger partial charge in [0.05, 0.1) is 5.75 Å². The second kappa shape index (κ2) is 5.97. The smallest absolute Gasteiger partial charge is 0.232 e. The van der Waals surface area contributed by atoms with E-state index in [4.69, 9.17) is 0 Å². The van der Waals surface area contributed by atoms with E-state index >= 15 is 0 Å². The van der Waals surface area contributed by atoms with Gasteiger partial charge in [-0.25, -0.2) is 0 Å². The van der Waals surface area contributed by atoms with Crippen molar-refractivity contribution in [2.75, 3.05) is 38.2 Å². The Morgan fingerprint density at radius 2 is 2.20 bits per heavy atom. The number of hydrogen-bond donors (Lipinski definition) is 1. The number of hydrogen-bond acceptors (Lipinski definition) is 3. The van der Waals surface area contributed by atoms with Gasteiger partial charge in [-0.1, -0.05) is 0 Å². The van der Waals surface area contributed by atoms with Gasteiger partial charge in [-0.2, -0.15) is 11.8 Å². The minimum absolute atomic E-state index is 0. The summed E-state index contributed by atoms with van der Waals surface area (Å²) in [6.45, 7) is 4.22. The van der Waals surface area contributed by atoms with Gasteiger partial charge in [0, 0.05) is 13.1 Å². The maximum Gasteiger partial charge on any atom is 0.232 e. The highest BCUT2D eigenvalue weighted by atomic mass is 35.5. The zero-order valence-electron chi connectivity index (χ0n) is 9.07. The lowest BCUT2D eigenvalue weighted by molar-refractivity contribution is -0.130. The number of piperidine rings is 1. The molecule has 5 heteroatoms. The van der Waals surface area contributed by atoms with Crippen molar-refractivity contribution < 1.29 is 4.79 Å². The summed E-state index contributed by atoms with van der Waals surface area (Å²) >= 11 is 1.62. The Hall–Kier alpha value is 0.0700. The number of amides is 1. The van der Waals surface area contributed by atoms with Gasteiger partial charge in [-0.05, 0) is 37.6 Å². The third kappa shape index (κ3) is 3.02. The lowest BCUT2D eigenvalue weighted by atomic mass is 9.89. The van der Waals surface area contributed by atoms with Gasteiger partial charge in [0.25, 0.3) is 0 Å². The summed E-state index contributed by atoms with van der Waals surface area (Å²) in [6, 6.07) is 0. The van der Waals surface area contributed by atoms with Gasteiger partial charge >= 0.3 is 0 Å². The third-order valence-electron chi connectivity index (χ3n) is 3.32. The Balaban J connectivity index is 0.00000112. The number of carbonyl (C=O) groups excluding carboxylic acids is 1. The molecule has 1 amide bonds. The molecule has 0 aliphatic carbocycles. The van der Waals surface area contributed by atoms with Crippen molar-refractivity contribution in [1.82, 2.24) is 10.2 Å². The molecule has 0 saturated carbocycles. The summed E-state index contributed by atoms with van der Waals surface area (Å²) in [7, 11) is 0. The second-order valence-corrected chi connectivity index (χ2v) is 5.11. The monoisotopic (exact) mass is 250 g/mol. The molecule has 88 valence electrons. The van der Waals surface area contributed by atoms with Crippen LogP contribution in [0.5, 0.6) is 0 Å². The molecule has 2 unspecified atom stereocenters. The molecule has 0 radical (unpaired) electrons. The van der Waals surface area contributed by atoms with Crippen LogP contribution in [0.1, 0.15) is 6.42 Å². The molecule has 0 aromatic carbocycles. The Kier molecular flexibility index (Phi) is 5.23. The van der Waals surface area contributed by atoms with Gasteiger partial charge in [-0.15, -0.1) is 12.4 Å². The van der Waals surface area contributed by atoms with Crippen molar-refractivity contribution in [1.29, 1.82) is 0 Å². The van der Waals surface area contributed by atoms with E-state index in [1.807, 2.05) is 11.2 Å². The van der Waals surface area contributed by atoms with E-state index in [0.717, 1.165) is 38.0 Å². The zero-order chi connectivity index (χ0) is 9.97. The van der Waals surface area contributed by atoms with Crippen molar-refractivity contribution in [3.8, 4) is 0 Å². The minimum Gasteiger partial charge on any atom is -0.342 e. The summed E-state index contributed by atoms with van der Waals surface area (Å²) < 4.78 is 0. The quantitative estimate of drug-likeness (QED) is 0.789.